The summed E-state index contributed by atoms with van der Waals surface area (Å²) >= 11 is 0. The van der Waals surface area contributed by atoms with Gasteiger partial charge in [-0.1, -0.05) is 64.0 Å². The van der Waals surface area contributed by atoms with Crippen LogP contribution in [-0.4, -0.2) is 32.5 Å². The van der Waals surface area contributed by atoms with Crippen molar-refractivity contribution in [2.24, 2.45) is 5.73 Å². The molecule has 8 nitrogen and oxygen atoms in total. The van der Waals surface area contributed by atoms with Crippen molar-refractivity contribution in [3.05, 3.63) is 70.5 Å². The highest BCUT2D eigenvalue weighted by molar-refractivity contribution is 5.98. The lowest BCUT2D eigenvalue weighted by atomic mass is 10.1. The molecular weight excluding hydrogens is 432 g/mol. The average molecular weight is 467 g/mol. The van der Waals surface area contributed by atoms with E-state index >= 15 is 0 Å². The van der Waals surface area contributed by atoms with E-state index in [-0.39, 0.29) is 22.5 Å². The van der Waals surface area contributed by atoms with Crippen molar-refractivity contribution >= 4 is 11.7 Å². The van der Waals surface area contributed by atoms with Crippen LogP contribution in [0.15, 0.2) is 54.9 Å². The number of nitrogens with zero attached hydrogens (tertiary/aromatic N) is 2. The lowest BCUT2D eigenvalue weighted by Gasteiger charge is -2.02. The third kappa shape index (κ3) is 8.12. The van der Waals surface area contributed by atoms with Gasteiger partial charge < -0.3 is 15.8 Å². The van der Waals surface area contributed by atoms with Crippen molar-refractivity contribution in [2.45, 2.75) is 58.3 Å². The zero-order valence-corrected chi connectivity index (χ0v) is 19.7. The second kappa shape index (κ2) is 14.6. The SMILES string of the molecule is CCCCCCCCCCN.O=C(O)c1cc(-c2ccncc2)[nH]c1-c1ccccc1[N+](=O)[O-]. The van der Waals surface area contributed by atoms with Crippen molar-refractivity contribution in [1.82, 2.24) is 9.97 Å². The topological polar surface area (TPSA) is 135 Å². The standard InChI is InChI=1S/C16H11N3O4.C10H23N/c20-16(21)12-9-13(10-5-7-17-8-6-10)18-15(12)11-3-1-2-4-14(11)19(22)23;1-2-3-4-5-6-7-8-9-10-11/h1-9,18H,(H,20,21);2-11H2,1H3. The molecule has 0 amide bonds. The minimum atomic E-state index is -1.16. The van der Waals surface area contributed by atoms with Crippen LogP contribution in [0.3, 0.4) is 0 Å². The molecule has 0 atom stereocenters. The van der Waals surface area contributed by atoms with Crippen molar-refractivity contribution in [3.63, 3.8) is 0 Å². The van der Waals surface area contributed by atoms with Gasteiger partial charge in [0.05, 0.1) is 21.7 Å². The summed E-state index contributed by atoms with van der Waals surface area (Å²) in [7, 11) is 0. The van der Waals surface area contributed by atoms with E-state index in [1.54, 1.807) is 30.6 Å². The van der Waals surface area contributed by atoms with Gasteiger partial charge in [-0.3, -0.25) is 15.1 Å². The number of benzene rings is 1. The summed E-state index contributed by atoms with van der Waals surface area (Å²) < 4.78 is 0. The van der Waals surface area contributed by atoms with Crippen LogP contribution in [0, 0.1) is 10.1 Å². The molecule has 1 aromatic carbocycles. The molecule has 0 radical (unpaired) electrons. The molecule has 2 aromatic heterocycles. The third-order valence-corrected chi connectivity index (χ3v) is 5.47. The van der Waals surface area contributed by atoms with E-state index in [1.807, 2.05) is 0 Å². The van der Waals surface area contributed by atoms with Crippen LogP contribution in [-0.2, 0) is 0 Å². The van der Waals surface area contributed by atoms with Crippen molar-refractivity contribution < 1.29 is 14.8 Å². The second-order valence-corrected chi connectivity index (χ2v) is 8.05. The Labute approximate surface area is 200 Å². The van der Waals surface area contributed by atoms with Crippen molar-refractivity contribution in [1.29, 1.82) is 0 Å². The predicted octanol–water partition coefficient (Wildman–Crippen LogP) is 6.44. The highest BCUT2D eigenvalue weighted by atomic mass is 16.6. The summed E-state index contributed by atoms with van der Waals surface area (Å²) in [4.78, 5) is 29.1. The van der Waals surface area contributed by atoms with Gasteiger partial charge in [-0.25, -0.2) is 4.79 Å². The van der Waals surface area contributed by atoms with E-state index in [2.05, 4.69) is 16.9 Å². The fraction of sp³-hybridized carbons (Fsp3) is 0.385. The van der Waals surface area contributed by atoms with Crippen LogP contribution in [0.25, 0.3) is 22.5 Å². The average Bonchev–Trinajstić information content (AvgIpc) is 3.30. The minimum absolute atomic E-state index is 0.0221. The predicted molar refractivity (Wildman–Crippen MR) is 135 cm³/mol. The molecule has 3 aromatic rings. The summed E-state index contributed by atoms with van der Waals surface area (Å²) in [5, 5.41) is 20.6. The second-order valence-electron chi connectivity index (χ2n) is 8.05. The molecule has 0 spiro atoms. The third-order valence-electron chi connectivity index (χ3n) is 5.47. The number of nitro groups is 1. The van der Waals surface area contributed by atoms with Crippen molar-refractivity contribution in [3.8, 4) is 22.5 Å². The lowest BCUT2D eigenvalue weighted by molar-refractivity contribution is -0.384. The first kappa shape index (κ1) is 26.7. The summed E-state index contributed by atoms with van der Waals surface area (Å²) in [5.74, 6) is -1.16. The van der Waals surface area contributed by atoms with Crippen LogP contribution in [0.5, 0.6) is 0 Å². The van der Waals surface area contributed by atoms with E-state index in [9.17, 15) is 20.0 Å². The van der Waals surface area contributed by atoms with Crippen LogP contribution < -0.4 is 5.73 Å². The molecule has 34 heavy (non-hydrogen) atoms. The lowest BCUT2D eigenvalue weighted by Crippen LogP contribution is -1.99. The molecule has 0 aliphatic rings. The molecule has 0 aliphatic carbocycles. The van der Waals surface area contributed by atoms with Gasteiger partial charge in [0.15, 0.2) is 0 Å². The highest BCUT2D eigenvalue weighted by Crippen LogP contribution is 2.34. The Balaban J connectivity index is 0.000000316. The Morgan fingerprint density at radius 1 is 1.03 bits per heavy atom. The van der Waals surface area contributed by atoms with E-state index in [0.29, 0.717) is 5.69 Å². The number of nitro benzene ring substituents is 1. The normalized spacial score (nSPS) is 10.4. The Morgan fingerprint density at radius 3 is 2.24 bits per heavy atom. The summed E-state index contributed by atoms with van der Waals surface area (Å²) in [6, 6.07) is 10.9. The summed E-state index contributed by atoms with van der Waals surface area (Å²) in [6.45, 7) is 3.13. The number of hydrogen-bond donors (Lipinski definition) is 3. The Morgan fingerprint density at radius 2 is 1.65 bits per heavy atom. The molecule has 0 saturated heterocycles. The molecule has 182 valence electrons. The maximum Gasteiger partial charge on any atom is 0.337 e. The van der Waals surface area contributed by atoms with Gasteiger partial charge in [0.2, 0.25) is 0 Å². The monoisotopic (exact) mass is 466 g/mol. The number of nitrogens with one attached hydrogen (secondary N) is 1. The van der Waals surface area contributed by atoms with Gasteiger partial charge in [-0.15, -0.1) is 0 Å². The Kier molecular flexibility index (Phi) is 11.5. The number of carboxylic acid groups (broad SMARTS) is 1. The smallest absolute Gasteiger partial charge is 0.337 e. The van der Waals surface area contributed by atoms with Crippen LogP contribution in [0.4, 0.5) is 5.69 Å². The fourth-order valence-electron chi connectivity index (χ4n) is 3.65. The first-order valence-electron chi connectivity index (χ1n) is 11.8. The zero-order valence-electron chi connectivity index (χ0n) is 19.7. The molecule has 2 heterocycles. The fourth-order valence-corrected chi connectivity index (χ4v) is 3.65. The number of rotatable bonds is 12. The number of pyridine rings is 1. The number of aromatic nitrogens is 2. The van der Waals surface area contributed by atoms with Crippen LogP contribution in [0.2, 0.25) is 0 Å². The molecule has 0 fully saturated rings. The summed E-state index contributed by atoms with van der Waals surface area (Å²) in [5.41, 5.74) is 6.95. The number of hydrogen-bond acceptors (Lipinski definition) is 5. The molecule has 4 N–H and O–H groups in total. The van der Waals surface area contributed by atoms with E-state index < -0.39 is 10.9 Å². The summed E-state index contributed by atoms with van der Waals surface area (Å²) in [6.07, 6.45) is 14.1. The minimum Gasteiger partial charge on any atom is -0.478 e. The number of unbranched alkanes of at least 4 members (excludes halogenated alkanes) is 7. The maximum atomic E-state index is 11.5. The zero-order chi connectivity index (χ0) is 24.8. The molecule has 3 rings (SSSR count). The Bertz CT molecular complexity index is 1030. The van der Waals surface area contributed by atoms with E-state index in [1.165, 1.54) is 75.6 Å². The van der Waals surface area contributed by atoms with Gasteiger partial charge >= 0.3 is 5.97 Å². The number of H-pyrrole nitrogens is 1. The maximum absolute atomic E-state index is 11.5. The largest absolute Gasteiger partial charge is 0.478 e. The quantitative estimate of drug-likeness (QED) is 0.160. The highest BCUT2D eigenvalue weighted by Gasteiger charge is 2.23. The first-order chi connectivity index (χ1) is 16.5. The number of carboxylic acids is 1. The van der Waals surface area contributed by atoms with Gasteiger partial charge in [-0.05, 0) is 37.2 Å². The van der Waals surface area contributed by atoms with E-state index in [0.717, 1.165) is 12.1 Å². The molecule has 0 aliphatic heterocycles. The first-order valence-corrected chi connectivity index (χ1v) is 11.8. The van der Waals surface area contributed by atoms with E-state index in [4.69, 9.17) is 5.73 Å². The Hall–Kier alpha value is -3.52. The molecule has 0 saturated carbocycles. The van der Waals surface area contributed by atoms with Gasteiger partial charge in [-0.2, -0.15) is 0 Å². The molecular formula is C26H34N4O4. The van der Waals surface area contributed by atoms with Gasteiger partial charge in [0, 0.05) is 29.7 Å². The number of aromatic amines is 1. The molecule has 0 unspecified atom stereocenters. The van der Waals surface area contributed by atoms with Gasteiger partial charge in [0.25, 0.3) is 5.69 Å². The number of aromatic carboxylic acids is 1. The molecule has 0 bridgehead atoms. The van der Waals surface area contributed by atoms with Crippen LogP contribution >= 0.6 is 0 Å². The molecule has 8 heteroatoms. The van der Waals surface area contributed by atoms with Crippen LogP contribution in [0.1, 0.15) is 68.6 Å². The number of carbonyl (C=O) groups is 1. The van der Waals surface area contributed by atoms with Crippen molar-refractivity contribution in [2.75, 3.05) is 6.54 Å². The number of para-hydroxylation sites is 1. The number of nitrogens with two attached hydrogens (primary N) is 1. The van der Waals surface area contributed by atoms with Gasteiger partial charge in [0.1, 0.15) is 0 Å².